The standard InChI is InChI=1S/C12H10BrN3OS2/c1-6-15-5-10(19-6)12(17)16-9-3-2-7(11(14)18)4-8(9)13/h2-5H,1H3,(H2,14,18)(H,16,17). The van der Waals surface area contributed by atoms with Crippen molar-refractivity contribution in [1.82, 2.24) is 4.98 Å². The Labute approximate surface area is 128 Å². The van der Waals surface area contributed by atoms with Gasteiger partial charge in [-0.15, -0.1) is 11.3 Å². The van der Waals surface area contributed by atoms with Crippen LogP contribution in [0.5, 0.6) is 0 Å². The van der Waals surface area contributed by atoms with Crippen LogP contribution in [0, 0.1) is 6.92 Å². The number of carbonyl (C=O) groups is 1. The summed E-state index contributed by atoms with van der Waals surface area (Å²) in [6.07, 6.45) is 1.56. The molecule has 0 unspecified atom stereocenters. The largest absolute Gasteiger partial charge is 0.389 e. The third-order valence-electron chi connectivity index (χ3n) is 2.35. The Morgan fingerprint density at radius 1 is 1.53 bits per heavy atom. The molecule has 7 heteroatoms. The summed E-state index contributed by atoms with van der Waals surface area (Å²) >= 11 is 9.62. The molecule has 1 aromatic carbocycles. The topological polar surface area (TPSA) is 68.0 Å². The summed E-state index contributed by atoms with van der Waals surface area (Å²) in [6, 6.07) is 5.29. The van der Waals surface area contributed by atoms with Crippen molar-refractivity contribution in [2.24, 2.45) is 5.73 Å². The molecule has 3 N–H and O–H groups in total. The van der Waals surface area contributed by atoms with E-state index in [-0.39, 0.29) is 5.91 Å². The maximum absolute atomic E-state index is 12.0. The Morgan fingerprint density at radius 2 is 2.26 bits per heavy atom. The first-order chi connectivity index (χ1) is 8.97. The van der Waals surface area contributed by atoms with Crippen LogP contribution >= 0.6 is 39.5 Å². The van der Waals surface area contributed by atoms with Crippen molar-refractivity contribution in [1.29, 1.82) is 0 Å². The predicted octanol–water partition coefficient (Wildman–Crippen LogP) is 3.10. The van der Waals surface area contributed by atoms with Gasteiger partial charge in [0.25, 0.3) is 5.91 Å². The third-order valence-corrected chi connectivity index (χ3v) is 4.15. The molecule has 0 spiro atoms. The normalized spacial score (nSPS) is 10.2. The van der Waals surface area contributed by atoms with E-state index >= 15 is 0 Å². The first-order valence-electron chi connectivity index (χ1n) is 5.30. The number of thiazole rings is 1. The molecule has 0 bridgehead atoms. The van der Waals surface area contributed by atoms with E-state index in [1.807, 2.05) is 6.92 Å². The van der Waals surface area contributed by atoms with Crippen molar-refractivity contribution in [3.63, 3.8) is 0 Å². The van der Waals surface area contributed by atoms with Crippen LogP contribution in [0.4, 0.5) is 5.69 Å². The average molecular weight is 356 g/mol. The van der Waals surface area contributed by atoms with Crippen LogP contribution in [0.3, 0.4) is 0 Å². The number of hydrogen-bond acceptors (Lipinski definition) is 4. The minimum absolute atomic E-state index is 0.186. The number of aryl methyl sites for hydroxylation is 1. The first-order valence-corrected chi connectivity index (χ1v) is 7.32. The Hall–Kier alpha value is -1.31. The van der Waals surface area contributed by atoms with Gasteiger partial charge in [-0.05, 0) is 41.1 Å². The molecule has 0 aliphatic rings. The van der Waals surface area contributed by atoms with E-state index in [0.29, 0.717) is 15.6 Å². The van der Waals surface area contributed by atoms with Crippen molar-refractivity contribution in [2.45, 2.75) is 6.92 Å². The summed E-state index contributed by atoms with van der Waals surface area (Å²) in [5, 5.41) is 3.66. The average Bonchev–Trinajstić information content (AvgIpc) is 2.78. The number of nitrogens with zero attached hydrogens (tertiary/aromatic N) is 1. The summed E-state index contributed by atoms with van der Waals surface area (Å²) < 4.78 is 0.729. The number of thiocarbonyl (C=S) groups is 1. The summed E-state index contributed by atoms with van der Waals surface area (Å²) in [6.45, 7) is 1.86. The molecular formula is C12H10BrN3OS2. The molecule has 0 saturated carbocycles. The molecule has 0 aliphatic carbocycles. The fourth-order valence-electron chi connectivity index (χ4n) is 1.42. The van der Waals surface area contributed by atoms with Gasteiger partial charge in [0.1, 0.15) is 9.87 Å². The number of benzene rings is 1. The van der Waals surface area contributed by atoms with Crippen molar-refractivity contribution in [3.05, 3.63) is 44.3 Å². The number of rotatable bonds is 3. The molecule has 2 rings (SSSR count). The van der Waals surface area contributed by atoms with Crippen molar-refractivity contribution >= 4 is 56.1 Å². The second-order valence-electron chi connectivity index (χ2n) is 3.76. The second kappa shape index (κ2) is 5.77. The van der Waals surface area contributed by atoms with Gasteiger partial charge in [-0.25, -0.2) is 4.98 Å². The number of aromatic nitrogens is 1. The minimum Gasteiger partial charge on any atom is -0.389 e. The molecule has 4 nitrogen and oxygen atoms in total. The van der Waals surface area contributed by atoms with Gasteiger partial charge in [0.05, 0.1) is 16.9 Å². The SMILES string of the molecule is Cc1ncc(C(=O)Nc2ccc(C(N)=S)cc2Br)s1. The maximum atomic E-state index is 12.0. The van der Waals surface area contributed by atoms with Gasteiger partial charge in [0, 0.05) is 10.0 Å². The molecular weight excluding hydrogens is 346 g/mol. The maximum Gasteiger partial charge on any atom is 0.267 e. The van der Waals surface area contributed by atoms with Gasteiger partial charge in [0.2, 0.25) is 0 Å². The highest BCUT2D eigenvalue weighted by Gasteiger charge is 2.11. The first kappa shape index (κ1) is 14.1. The molecule has 98 valence electrons. The van der Waals surface area contributed by atoms with E-state index in [1.165, 1.54) is 11.3 Å². The van der Waals surface area contributed by atoms with E-state index in [1.54, 1.807) is 24.4 Å². The molecule has 19 heavy (non-hydrogen) atoms. The van der Waals surface area contributed by atoms with E-state index < -0.39 is 0 Å². The van der Waals surface area contributed by atoms with Crippen LogP contribution in [-0.2, 0) is 0 Å². The third kappa shape index (κ3) is 3.37. The molecule has 0 atom stereocenters. The van der Waals surface area contributed by atoms with Crippen LogP contribution < -0.4 is 11.1 Å². The molecule has 2 aromatic rings. The van der Waals surface area contributed by atoms with E-state index in [2.05, 4.69) is 26.2 Å². The van der Waals surface area contributed by atoms with Gasteiger partial charge < -0.3 is 11.1 Å². The number of hydrogen-bond donors (Lipinski definition) is 2. The Bertz CT molecular complexity index is 654. The van der Waals surface area contributed by atoms with Gasteiger partial charge >= 0.3 is 0 Å². The van der Waals surface area contributed by atoms with Crippen LogP contribution in [0.2, 0.25) is 0 Å². The number of carbonyl (C=O) groups excluding carboxylic acids is 1. The smallest absolute Gasteiger partial charge is 0.267 e. The Balaban J connectivity index is 2.20. The highest BCUT2D eigenvalue weighted by Crippen LogP contribution is 2.25. The van der Waals surface area contributed by atoms with E-state index in [4.69, 9.17) is 18.0 Å². The Kier molecular flexibility index (Phi) is 4.28. The summed E-state index contributed by atoms with van der Waals surface area (Å²) in [4.78, 5) is 16.9. The molecule has 0 aliphatic heterocycles. The predicted molar refractivity (Wildman–Crippen MR) is 84.8 cm³/mol. The number of amides is 1. The fourth-order valence-corrected chi connectivity index (χ4v) is 2.70. The number of nitrogens with one attached hydrogen (secondary N) is 1. The zero-order valence-corrected chi connectivity index (χ0v) is 13.2. The van der Waals surface area contributed by atoms with Crippen LogP contribution in [0.25, 0.3) is 0 Å². The highest BCUT2D eigenvalue weighted by molar-refractivity contribution is 9.10. The molecule has 1 aromatic heterocycles. The summed E-state index contributed by atoms with van der Waals surface area (Å²) in [5.74, 6) is -0.186. The van der Waals surface area contributed by atoms with Gasteiger partial charge in [-0.2, -0.15) is 0 Å². The molecule has 1 heterocycles. The molecule has 0 fully saturated rings. The monoisotopic (exact) mass is 355 g/mol. The van der Waals surface area contributed by atoms with Crippen molar-refractivity contribution < 1.29 is 4.79 Å². The number of nitrogens with two attached hydrogens (primary N) is 1. The molecule has 0 radical (unpaired) electrons. The minimum atomic E-state index is -0.186. The van der Waals surface area contributed by atoms with Gasteiger partial charge in [-0.3, -0.25) is 4.79 Å². The fraction of sp³-hybridized carbons (Fsp3) is 0.0833. The molecule has 1 amide bonds. The van der Waals surface area contributed by atoms with Crippen LogP contribution in [-0.4, -0.2) is 15.9 Å². The summed E-state index contributed by atoms with van der Waals surface area (Å²) in [7, 11) is 0. The number of halogens is 1. The Morgan fingerprint density at radius 3 is 2.79 bits per heavy atom. The zero-order chi connectivity index (χ0) is 14.0. The van der Waals surface area contributed by atoms with Crippen molar-refractivity contribution in [2.75, 3.05) is 5.32 Å². The van der Waals surface area contributed by atoms with Crippen molar-refractivity contribution in [3.8, 4) is 0 Å². The van der Waals surface area contributed by atoms with Gasteiger partial charge in [-0.1, -0.05) is 12.2 Å². The zero-order valence-electron chi connectivity index (χ0n) is 9.94. The molecule has 0 saturated heterocycles. The van der Waals surface area contributed by atoms with Gasteiger partial charge in [0.15, 0.2) is 0 Å². The van der Waals surface area contributed by atoms with Crippen LogP contribution in [0.1, 0.15) is 20.2 Å². The lowest BCUT2D eigenvalue weighted by Gasteiger charge is -2.07. The lowest BCUT2D eigenvalue weighted by atomic mass is 10.2. The van der Waals surface area contributed by atoms with Crippen LogP contribution in [0.15, 0.2) is 28.9 Å². The quantitative estimate of drug-likeness (QED) is 0.830. The lowest BCUT2D eigenvalue weighted by Crippen LogP contribution is -2.12. The lowest BCUT2D eigenvalue weighted by molar-refractivity contribution is 0.103. The van der Waals surface area contributed by atoms with E-state index in [9.17, 15) is 4.79 Å². The second-order valence-corrected chi connectivity index (χ2v) is 6.29. The number of anilines is 1. The highest BCUT2D eigenvalue weighted by atomic mass is 79.9. The summed E-state index contributed by atoms with van der Waals surface area (Å²) in [5.41, 5.74) is 6.95. The van der Waals surface area contributed by atoms with E-state index in [0.717, 1.165) is 15.0 Å².